The topological polar surface area (TPSA) is 55.1 Å². The number of alkyl halides is 3. The van der Waals surface area contributed by atoms with Crippen LogP contribution in [0, 0.1) is 6.92 Å². The molecule has 0 saturated heterocycles. The lowest BCUT2D eigenvalue weighted by atomic mass is 10.2. The third-order valence-corrected chi connectivity index (χ3v) is 2.90. The molecule has 0 aromatic carbocycles. The number of nitrogens with two attached hydrogens (primary N) is 1. The average molecular weight is 252 g/mol. The third-order valence-electron chi connectivity index (χ3n) is 1.84. The van der Waals surface area contributed by atoms with Crippen molar-refractivity contribution in [3.8, 4) is 0 Å². The Hall–Kier alpha value is -1.08. The highest BCUT2D eigenvalue weighted by Gasteiger charge is 2.30. The number of carbonyl (C=O) groups excluding carboxylic acids is 1. The van der Waals surface area contributed by atoms with Crippen LogP contribution in [0.4, 0.5) is 13.2 Å². The molecule has 0 aliphatic heterocycles. The Morgan fingerprint density at radius 2 is 2.19 bits per heavy atom. The summed E-state index contributed by atoms with van der Waals surface area (Å²) < 4.78 is 36.0. The van der Waals surface area contributed by atoms with E-state index < -0.39 is 24.7 Å². The van der Waals surface area contributed by atoms with Crippen molar-refractivity contribution in [2.75, 3.05) is 6.54 Å². The van der Waals surface area contributed by atoms with E-state index >= 15 is 0 Å². The van der Waals surface area contributed by atoms with Crippen molar-refractivity contribution in [3.05, 3.63) is 21.9 Å². The van der Waals surface area contributed by atoms with E-state index in [-0.39, 0.29) is 0 Å². The molecule has 0 aliphatic carbocycles. The maximum atomic E-state index is 12.0. The SMILES string of the molecule is Cc1ccc(C(NCC(F)(F)F)C(N)=O)s1. The summed E-state index contributed by atoms with van der Waals surface area (Å²) in [7, 11) is 0. The van der Waals surface area contributed by atoms with Gasteiger partial charge in [0.25, 0.3) is 0 Å². The molecule has 1 aromatic rings. The van der Waals surface area contributed by atoms with Crippen LogP contribution < -0.4 is 11.1 Å². The van der Waals surface area contributed by atoms with Crippen LogP contribution in [0.5, 0.6) is 0 Å². The second kappa shape index (κ2) is 4.84. The Morgan fingerprint density at radius 1 is 1.56 bits per heavy atom. The summed E-state index contributed by atoms with van der Waals surface area (Å²) in [5, 5.41) is 2.10. The highest BCUT2D eigenvalue weighted by atomic mass is 32.1. The van der Waals surface area contributed by atoms with Crippen LogP contribution in [0.2, 0.25) is 0 Å². The van der Waals surface area contributed by atoms with E-state index in [1.165, 1.54) is 11.3 Å². The number of hydrogen-bond donors (Lipinski definition) is 2. The number of amides is 1. The largest absolute Gasteiger partial charge is 0.401 e. The van der Waals surface area contributed by atoms with Gasteiger partial charge in [-0.2, -0.15) is 13.2 Å². The molecule has 1 amide bonds. The van der Waals surface area contributed by atoms with Crippen molar-refractivity contribution in [1.29, 1.82) is 0 Å². The van der Waals surface area contributed by atoms with E-state index in [9.17, 15) is 18.0 Å². The van der Waals surface area contributed by atoms with E-state index in [1.807, 2.05) is 0 Å². The number of primary amides is 1. The second-order valence-corrected chi connectivity index (χ2v) is 4.60. The van der Waals surface area contributed by atoms with Crippen molar-refractivity contribution in [3.63, 3.8) is 0 Å². The van der Waals surface area contributed by atoms with Crippen LogP contribution in [0.1, 0.15) is 15.8 Å². The lowest BCUT2D eigenvalue weighted by Crippen LogP contribution is -2.38. The lowest BCUT2D eigenvalue weighted by molar-refractivity contribution is -0.130. The summed E-state index contributed by atoms with van der Waals surface area (Å²) in [6.07, 6.45) is -4.36. The molecule has 1 rings (SSSR count). The summed E-state index contributed by atoms with van der Waals surface area (Å²) in [4.78, 5) is 12.4. The predicted octanol–water partition coefficient (Wildman–Crippen LogP) is 1.73. The smallest absolute Gasteiger partial charge is 0.368 e. The number of nitrogens with one attached hydrogen (secondary N) is 1. The number of carbonyl (C=O) groups is 1. The first-order chi connectivity index (χ1) is 7.29. The number of aryl methyl sites for hydroxylation is 1. The molecule has 3 nitrogen and oxygen atoms in total. The summed E-state index contributed by atoms with van der Waals surface area (Å²) in [6, 6.07) is 2.24. The van der Waals surface area contributed by atoms with Crippen molar-refractivity contribution in [1.82, 2.24) is 5.32 Å². The molecule has 0 aliphatic rings. The van der Waals surface area contributed by atoms with Crippen LogP contribution in [0.3, 0.4) is 0 Å². The minimum atomic E-state index is -4.36. The molecule has 3 N–H and O–H groups in total. The van der Waals surface area contributed by atoms with Gasteiger partial charge in [-0.05, 0) is 19.1 Å². The Morgan fingerprint density at radius 3 is 2.56 bits per heavy atom. The van der Waals surface area contributed by atoms with Crippen molar-refractivity contribution in [2.24, 2.45) is 5.73 Å². The number of thiophene rings is 1. The molecule has 0 bridgehead atoms. The van der Waals surface area contributed by atoms with E-state index in [0.29, 0.717) is 4.88 Å². The molecule has 0 spiro atoms. The minimum Gasteiger partial charge on any atom is -0.368 e. The molecule has 1 heterocycles. The Balaban J connectivity index is 2.73. The van der Waals surface area contributed by atoms with Gasteiger partial charge in [0.2, 0.25) is 5.91 Å². The molecular weight excluding hydrogens is 241 g/mol. The van der Waals surface area contributed by atoms with Crippen molar-refractivity contribution >= 4 is 17.2 Å². The summed E-state index contributed by atoms with van der Waals surface area (Å²) in [5.74, 6) is -0.814. The fourth-order valence-electron chi connectivity index (χ4n) is 1.17. The van der Waals surface area contributed by atoms with Gasteiger partial charge in [0, 0.05) is 9.75 Å². The standard InChI is InChI=1S/C9H11F3N2OS/c1-5-2-3-6(16-5)7(8(13)15)14-4-9(10,11)12/h2-3,7,14H,4H2,1H3,(H2,13,15). The lowest BCUT2D eigenvalue weighted by Gasteiger charge is -2.15. The second-order valence-electron chi connectivity index (χ2n) is 3.28. The molecule has 90 valence electrons. The fraction of sp³-hybridized carbons (Fsp3) is 0.444. The Kier molecular flexibility index (Phi) is 3.93. The third kappa shape index (κ3) is 3.82. The quantitative estimate of drug-likeness (QED) is 0.857. The van der Waals surface area contributed by atoms with Gasteiger partial charge in [-0.3, -0.25) is 10.1 Å². The molecule has 16 heavy (non-hydrogen) atoms. The van der Waals surface area contributed by atoms with Gasteiger partial charge < -0.3 is 5.73 Å². The number of hydrogen-bond acceptors (Lipinski definition) is 3. The first-order valence-corrected chi connectivity index (χ1v) is 5.27. The molecule has 1 aromatic heterocycles. The Bertz CT molecular complexity index is 375. The highest BCUT2D eigenvalue weighted by Crippen LogP contribution is 2.23. The van der Waals surface area contributed by atoms with Gasteiger partial charge in [-0.1, -0.05) is 0 Å². The zero-order chi connectivity index (χ0) is 12.3. The van der Waals surface area contributed by atoms with Crippen LogP contribution in [-0.4, -0.2) is 18.6 Å². The molecule has 0 fully saturated rings. The summed E-state index contributed by atoms with van der Waals surface area (Å²) >= 11 is 1.24. The molecule has 1 unspecified atom stereocenters. The van der Waals surface area contributed by atoms with Crippen LogP contribution in [0.15, 0.2) is 12.1 Å². The predicted molar refractivity (Wildman–Crippen MR) is 55.0 cm³/mol. The number of halogens is 3. The molecule has 0 saturated carbocycles. The Labute approximate surface area is 94.4 Å². The van der Waals surface area contributed by atoms with Crippen molar-refractivity contribution < 1.29 is 18.0 Å². The van der Waals surface area contributed by atoms with Gasteiger partial charge in [-0.25, -0.2) is 0 Å². The fourth-order valence-corrected chi connectivity index (χ4v) is 2.13. The zero-order valence-electron chi connectivity index (χ0n) is 8.47. The first kappa shape index (κ1) is 13.0. The number of rotatable bonds is 4. The van der Waals surface area contributed by atoms with Gasteiger partial charge in [-0.15, -0.1) is 11.3 Å². The van der Waals surface area contributed by atoms with E-state index in [4.69, 9.17) is 5.73 Å². The summed E-state index contributed by atoms with van der Waals surface area (Å²) in [6.45, 7) is 0.563. The maximum absolute atomic E-state index is 12.0. The monoisotopic (exact) mass is 252 g/mol. The first-order valence-electron chi connectivity index (χ1n) is 4.45. The maximum Gasteiger partial charge on any atom is 0.401 e. The van der Waals surface area contributed by atoms with E-state index in [2.05, 4.69) is 5.32 Å². The van der Waals surface area contributed by atoms with Crippen LogP contribution in [0.25, 0.3) is 0 Å². The molecular formula is C9H11F3N2OS. The van der Waals surface area contributed by atoms with Crippen LogP contribution >= 0.6 is 11.3 Å². The summed E-state index contributed by atoms with van der Waals surface area (Å²) in [5.41, 5.74) is 5.05. The highest BCUT2D eigenvalue weighted by molar-refractivity contribution is 7.12. The van der Waals surface area contributed by atoms with Crippen molar-refractivity contribution in [2.45, 2.75) is 19.1 Å². The van der Waals surface area contributed by atoms with Gasteiger partial charge in [0.15, 0.2) is 0 Å². The van der Waals surface area contributed by atoms with Gasteiger partial charge >= 0.3 is 6.18 Å². The van der Waals surface area contributed by atoms with E-state index in [0.717, 1.165) is 4.88 Å². The zero-order valence-corrected chi connectivity index (χ0v) is 9.28. The van der Waals surface area contributed by atoms with Crippen LogP contribution in [-0.2, 0) is 4.79 Å². The molecule has 1 atom stereocenters. The molecule has 0 radical (unpaired) electrons. The van der Waals surface area contributed by atoms with Gasteiger partial charge in [0.1, 0.15) is 6.04 Å². The average Bonchev–Trinajstić information content (AvgIpc) is 2.49. The van der Waals surface area contributed by atoms with Gasteiger partial charge in [0.05, 0.1) is 6.54 Å². The minimum absolute atomic E-state index is 0.495. The van der Waals surface area contributed by atoms with E-state index in [1.54, 1.807) is 19.1 Å². The normalized spacial score (nSPS) is 13.8. The molecule has 7 heteroatoms.